The number of carboxylic acid groups (broad SMARTS) is 1. The lowest BCUT2D eigenvalue weighted by molar-refractivity contribution is -0.143. The summed E-state index contributed by atoms with van der Waals surface area (Å²) in [5.41, 5.74) is 1.84. The SMILES string of the molecule is Cc1ccc(NC(=O)CNC(C)(C)C(=O)O)cc1C. The predicted molar refractivity (Wildman–Crippen MR) is 74.3 cm³/mol. The number of nitrogens with one attached hydrogen (secondary N) is 2. The minimum Gasteiger partial charge on any atom is -0.480 e. The Kier molecular flexibility index (Phi) is 4.67. The first-order chi connectivity index (χ1) is 8.72. The Balaban J connectivity index is 2.56. The first kappa shape index (κ1) is 15.2. The van der Waals surface area contributed by atoms with Gasteiger partial charge < -0.3 is 10.4 Å². The van der Waals surface area contributed by atoms with Crippen LogP contribution < -0.4 is 10.6 Å². The molecule has 1 aromatic carbocycles. The average Bonchev–Trinajstić information content (AvgIpc) is 2.31. The molecule has 0 bridgehead atoms. The van der Waals surface area contributed by atoms with Gasteiger partial charge in [-0.1, -0.05) is 6.07 Å². The number of carbonyl (C=O) groups excluding carboxylic acids is 1. The van der Waals surface area contributed by atoms with Crippen LogP contribution in [0.15, 0.2) is 18.2 Å². The molecule has 0 spiro atoms. The molecule has 0 aliphatic carbocycles. The van der Waals surface area contributed by atoms with Crippen LogP contribution >= 0.6 is 0 Å². The smallest absolute Gasteiger partial charge is 0.323 e. The number of aryl methyl sites for hydroxylation is 2. The Labute approximate surface area is 113 Å². The monoisotopic (exact) mass is 264 g/mol. The molecule has 0 atom stereocenters. The van der Waals surface area contributed by atoms with Crippen LogP contribution in [0.5, 0.6) is 0 Å². The number of carbonyl (C=O) groups is 2. The summed E-state index contributed by atoms with van der Waals surface area (Å²) in [4.78, 5) is 22.6. The van der Waals surface area contributed by atoms with Crippen LogP contribution in [0.1, 0.15) is 25.0 Å². The number of aliphatic carboxylic acids is 1. The first-order valence-electron chi connectivity index (χ1n) is 6.08. The standard InChI is InChI=1S/C14H20N2O3/c1-9-5-6-11(7-10(9)2)16-12(17)8-15-14(3,4)13(18)19/h5-7,15H,8H2,1-4H3,(H,16,17)(H,18,19). The zero-order valence-corrected chi connectivity index (χ0v) is 11.7. The van der Waals surface area contributed by atoms with Crippen molar-refractivity contribution in [2.75, 3.05) is 11.9 Å². The van der Waals surface area contributed by atoms with Gasteiger partial charge in [0.2, 0.25) is 5.91 Å². The molecule has 5 heteroatoms. The van der Waals surface area contributed by atoms with Gasteiger partial charge in [0.05, 0.1) is 6.54 Å². The molecule has 0 aliphatic heterocycles. The fraction of sp³-hybridized carbons (Fsp3) is 0.429. The summed E-state index contributed by atoms with van der Waals surface area (Å²) in [6.07, 6.45) is 0. The molecule has 0 fully saturated rings. The summed E-state index contributed by atoms with van der Waals surface area (Å²) in [7, 11) is 0. The third kappa shape index (κ3) is 4.37. The van der Waals surface area contributed by atoms with Gasteiger partial charge >= 0.3 is 5.97 Å². The first-order valence-corrected chi connectivity index (χ1v) is 6.08. The van der Waals surface area contributed by atoms with E-state index in [-0.39, 0.29) is 12.5 Å². The van der Waals surface area contributed by atoms with Gasteiger partial charge in [0.25, 0.3) is 0 Å². The molecule has 1 aromatic rings. The van der Waals surface area contributed by atoms with Crippen LogP contribution in [0.4, 0.5) is 5.69 Å². The van der Waals surface area contributed by atoms with Crippen molar-refractivity contribution in [1.29, 1.82) is 0 Å². The van der Waals surface area contributed by atoms with Gasteiger partial charge in [-0.25, -0.2) is 0 Å². The van der Waals surface area contributed by atoms with Crippen molar-refractivity contribution in [3.8, 4) is 0 Å². The molecular formula is C14H20N2O3. The van der Waals surface area contributed by atoms with E-state index in [4.69, 9.17) is 5.11 Å². The fourth-order valence-electron chi connectivity index (χ4n) is 1.40. The molecule has 1 amide bonds. The number of amides is 1. The summed E-state index contributed by atoms with van der Waals surface area (Å²) in [6.45, 7) is 6.94. The van der Waals surface area contributed by atoms with E-state index >= 15 is 0 Å². The molecular weight excluding hydrogens is 244 g/mol. The maximum Gasteiger partial charge on any atom is 0.323 e. The summed E-state index contributed by atoms with van der Waals surface area (Å²) < 4.78 is 0. The molecule has 1 rings (SSSR count). The minimum absolute atomic E-state index is 0.0494. The molecule has 0 aliphatic rings. The minimum atomic E-state index is -1.12. The van der Waals surface area contributed by atoms with Crippen molar-refractivity contribution < 1.29 is 14.7 Å². The quantitative estimate of drug-likeness (QED) is 0.756. The van der Waals surface area contributed by atoms with E-state index in [2.05, 4.69) is 10.6 Å². The molecule has 0 aromatic heterocycles. The lowest BCUT2D eigenvalue weighted by atomic mass is 10.1. The maximum absolute atomic E-state index is 11.7. The summed E-state index contributed by atoms with van der Waals surface area (Å²) in [5.74, 6) is -1.26. The van der Waals surface area contributed by atoms with Crippen LogP contribution in [0.3, 0.4) is 0 Å². The molecule has 0 saturated carbocycles. The summed E-state index contributed by atoms with van der Waals surface area (Å²) in [6, 6.07) is 5.64. The zero-order valence-electron chi connectivity index (χ0n) is 11.7. The van der Waals surface area contributed by atoms with Gasteiger partial charge in [0.15, 0.2) is 0 Å². The summed E-state index contributed by atoms with van der Waals surface area (Å²) in [5, 5.41) is 14.3. The molecule has 19 heavy (non-hydrogen) atoms. The zero-order chi connectivity index (χ0) is 14.6. The number of rotatable bonds is 5. The number of anilines is 1. The van der Waals surface area contributed by atoms with E-state index in [9.17, 15) is 9.59 Å². The largest absolute Gasteiger partial charge is 0.480 e. The number of hydrogen-bond acceptors (Lipinski definition) is 3. The Hall–Kier alpha value is -1.88. The summed E-state index contributed by atoms with van der Waals surface area (Å²) >= 11 is 0. The van der Waals surface area contributed by atoms with Crippen LogP contribution in [-0.2, 0) is 9.59 Å². The second kappa shape index (κ2) is 5.84. The highest BCUT2D eigenvalue weighted by atomic mass is 16.4. The van der Waals surface area contributed by atoms with Gasteiger partial charge in [0, 0.05) is 5.69 Å². The van der Waals surface area contributed by atoms with E-state index in [0.717, 1.165) is 11.1 Å². The van der Waals surface area contributed by atoms with E-state index in [1.807, 2.05) is 32.0 Å². The van der Waals surface area contributed by atoms with Gasteiger partial charge in [0.1, 0.15) is 5.54 Å². The third-order valence-electron chi connectivity index (χ3n) is 3.02. The van der Waals surface area contributed by atoms with Gasteiger partial charge in [-0.05, 0) is 51.0 Å². The van der Waals surface area contributed by atoms with Crippen molar-refractivity contribution in [1.82, 2.24) is 5.32 Å². The molecule has 0 radical (unpaired) electrons. The van der Waals surface area contributed by atoms with E-state index in [0.29, 0.717) is 5.69 Å². The van der Waals surface area contributed by atoms with E-state index in [1.165, 1.54) is 13.8 Å². The lowest BCUT2D eigenvalue weighted by Crippen LogP contribution is -2.49. The van der Waals surface area contributed by atoms with Crippen molar-refractivity contribution in [3.63, 3.8) is 0 Å². The van der Waals surface area contributed by atoms with Crippen molar-refractivity contribution in [2.45, 2.75) is 33.2 Å². The predicted octanol–water partition coefficient (Wildman–Crippen LogP) is 1.69. The molecule has 5 nitrogen and oxygen atoms in total. The Bertz CT molecular complexity index is 495. The second-order valence-electron chi connectivity index (χ2n) is 5.13. The van der Waals surface area contributed by atoms with Crippen LogP contribution in [-0.4, -0.2) is 29.1 Å². The third-order valence-corrected chi connectivity index (χ3v) is 3.02. The molecule has 0 saturated heterocycles. The highest BCUT2D eigenvalue weighted by Gasteiger charge is 2.26. The number of benzene rings is 1. The fourth-order valence-corrected chi connectivity index (χ4v) is 1.40. The molecule has 104 valence electrons. The Morgan fingerprint density at radius 2 is 1.84 bits per heavy atom. The Morgan fingerprint density at radius 1 is 1.21 bits per heavy atom. The maximum atomic E-state index is 11.7. The highest BCUT2D eigenvalue weighted by molar-refractivity contribution is 5.93. The average molecular weight is 264 g/mol. The Morgan fingerprint density at radius 3 is 2.37 bits per heavy atom. The van der Waals surface area contributed by atoms with Crippen molar-refractivity contribution in [3.05, 3.63) is 29.3 Å². The van der Waals surface area contributed by atoms with Crippen LogP contribution in [0.25, 0.3) is 0 Å². The van der Waals surface area contributed by atoms with Gasteiger partial charge in [-0.2, -0.15) is 0 Å². The molecule has 3 N–H and O–H groups in total. The van der Waals surface area contributed by atoms with Crippen molar-refractivity contribution in [2.24, 2.45) is 0 Å². The van der Waals surface area contributed by atoms with Gasteiger partial charge in [-0.15, -0.1) is 0 Å². The van der Waals surface area contributed by atoms with E-state index < -0.39 is 11.5 Å². The molecule has 0 unspecified atom stereocenters. The topological polar surface area (TPSA) is 78.4 Å². The van der Waals surface area contributed by atoms with E-state index in [1.54, 1.807) is 0 Å². The highest BCUT2D eigenvalue weighted by Crippen LogP contribution is 2.13. The van der Waals surface area contributed by atoms with Crippen LogP contribution in [0, 0.1) is 13.8 Å². The molecule has 0 heterocycles. The van der Waals surface area contributed by atoms with Crippen molar-refractivity contribution >= 4 is 17.6 Å². The number of hydrogen-bond donors (Lipinski definition) is 3. The lowest BCUT2D eigenvalue weighted by Gasteiger charge is -2.20. The second-order valence-corrected chi connectivity index (χ2v) is 5.13. The number of carboxylic acids is 1. The normalized spacial score (nSPS) is 11.2. The van der Waals surface area contributed by atoms with Gasteiger partial charge in [-0.3, -0.25) is 14.9 Å². The van der Waals surface area contributed by atoms with Crippen LogP contribution in [0.2, 0.25) is 0 Å².